The van der Waals surface area contributed by atoms with Crippen molar-refractivity contribution in [3.05, 3.63) is 70.3 Å². The summed E-state index contributed by atoms with van der Waals surface area (Å²) >= 11 is 0. The Labute approximate surface area is 386 Å². The lowest BCUT2D eigenvalue weighted by molar-refractivity contribution is -0.291. The highest BCUT2D eigenvalue weighted by Crippen LogP contribution is 2.51. The number of carbonyl (C=O) groups is 8. The molecule has 7 rings (SSSR count). The molecule has 13 N–H and O–H groups in total. The van der Waals surface area contributed by atoms with Crippen LogP contribution in [0, 0.1) is 5.92 Å². The van der Waals surface area contributed by atoms with Crippen LogP contribution >= 0.6 is 0 Å². The Morgan fingerprint density at radius 1 is 0.571 bits per heavy atom. The van der Waals surface area contributed by atoms with Gasteiger partial charge in [-0.3, -0.25) is 14.4 Å². The number of aliphatic hydroxyl groups is 1. The normalized spacial score (nSPS) is 22.9. The third kappa shape index (κ3) is 8.91. The highest BCUT2D eigenvalue weighted by atomic mass is 16.7. The first-order chi connectivity index (χ1) is 32.9. The van der Waals surface area contributed by atoms with Gasteiger partial charge in [-0.2, -0.15) is 0 Å². The predicted octanol–water partition coefficient (Wildman–Crippen LogP) is -0.413. The summed E-state index contributed by atoms with van der Waals surface area (Å²) in [6.07, 6.45) is -17.0. The lowest BCUT2D eigenvalue weighted by Gasteiger charge is -2.44. The molecule has 8 unspecified atom stereocenters. The Morgan fingerprint density at radius 3 is 1.54 bits per heavy atom. The fourth-order valence-corrected chi connectivity index (χ4v) is 7.49. The van der Waals surface area contributed by atoms with Gasteiger partial charge in [0, 0.05) is 17.0 Å². The van der Waals surface area contributed by atoms with Crippen LogP contribution in [0.2, 0.25) is 0 Å². The summed E-state index contributed by atoms with van der Waals surface area (Å²) in [4.78, 5) is 109. The first kappa shape index (κ1) is 48.5. The summed E-state index contributed by atoms with van der Waals surface area (Å²) in [7, 11) is 0. The van der Waals surface area contributed by atoms with Crippen LogP contribution in [0.25, 0.3) is 0 Å². The lowest BCUT2D eigenvalue weighted by atomic mass is 9.75. The number of phenols is 11. The number of benzene rings is 4. The van der Waals surface area contributed by atoms with E-state index >= 15 is 0 Å². The number of hydrogen-bond acceptors (Lipinski definition) is 27. The van der Waals surface area contributed by atoms with E-state index in [2.05, 4.69) is 0 Å². The van der Waals surface area contributed by atoms with E-state index < -0.39 is 206 Å². The Hall–Kier alpha value is -9.44. The molecule has 3 aliphatic heterocycles. The van der Waals surface area contributed by atoms with E-state index in [-0.39, 0.29) is 0 Å². The maximum absolute atomic E-state index is 14.6. The number of aromatic hydroxyl groups is 11. The minimum Gasteiger partial charge on any atom is -0.504 e. The average molecular weight is 985 g/mol. The van der Waals surface area contributed by atoms with Crippen molar-refractivity contribution in [1.29, 1.82) is 0 Å². The van der Waals surface area contributed by atoms with Crippen molar-refractivity contribution >= 4 is 47.6 Å². The first-order valence-corrected chi connectivity index (χ1v) is 19.5. The number of carboxylic acid groups (broad SMARTS) is 1. The third-order valence-corrected chi connectivity index (χ3v) is 10.8. The van der Waals surface area contributed by atoms with E-state index in [1.54, 1.807) is 0 Å². The second-order valence-corrected chi connectivity index (χ2v) is 15.2. The number of aliphatic hydroxyl groups excluding tert-OH is 1. The maximum atomic E-state index is 14.6. The van der Waals surface area contributed by atoms with Gasteiger partial charge >= 0.3 is 41.8 Å². The third-order valence-electron chi connectivity index (χ3n) is 10.8. The number of rotatable bonds is 9. The smallest absolute Gasteiger partial charge is 0.380 e. The van der Waals surface area contributed by atoms with Gasteiger partial charge in [-0.15, -0.1) is 0 Å². The van der Waals surface area contributed by atoms with Gasteiger partial charge in [0.2, 0.25) is 18.1 Å². The van der Waals surface area contributed by atoms with E-state index in [0.717, 1.165) is 0 Å². The number of carbonyl (C=O) groups excluding carboxylic acids is 7. The molecule has 1 fully saturated rings. The predicted molar refractivity (Wildman–Crippen MR) is 212 cm³/mol. The largest absolute Gasteiger partial charge is 0.504 e. The van der Waals surface area contributed by atoms with Crippen LogP contribution in [0.1, 0.15) is 59.3 Å². The van der Waals surface area contributed by atoms with E-state index in [1.807, 2.05) is 0 Å². The number of esters is 6. The van der Waals surface area contributed by atoms with E-state index in [0.29, 0.717) is 42.5 Å². The molecule has 28 nitrogen and oxygen atoms in total. The summed E-state index contributed by atoms with van der Waals surface area (Å²) in [6.45, 7) is -1.34. The molecule has 4 aromatic carbocycles. The lowest BCUT2D eigenvalue weighted by Crippen LogP contribution is -2.64. The van der Waals surface area contributed by atoms with Crippen LogP contribution in [-0.4, -0.2) is 157 Å². The molecule has 0 radical (unpaired) electrons. The molecule has 0 aromatic heterocycles. The van der Waals surface area contributed by atoms with Crippen molar-refractivity contribution in [1.82, 2.24) is 0 Å². The number of hydrogen-bond donors (Lipinski definition) is 13. The van der Waals surface area contributed by atoms with Crippen molar-refractivity contribution in [2.75, 3.05) is 6.61 Å². The van der Waals surface area contributed by atoms with Crippen LogP contribution in [0.15, 0.2) is 42.5 Å². The second-order valence-electron chi connectivity index (χ2n) is 15.2. The quantitative estimate of drug-likeness (QED) is 0.0333. The molecule has 0 saturated carbocycles. The van der Waals surface area contributed by atoms with Gasteiger partial charge in [0.15, 0.2) is 81.6 Å². The molecule has 2 bridgehead atoms. The standard InChI is InChI=1S/C42H32O28/c43-15-1-10(2-16(44)27(15)53)36(58)64-9-22-32-34(68-37(59)11-3-17(45)28(54)18(46)4-11)35(42(65-22)70-38(60)12-5-19(47)29(55)20(48)6-12)69-40(62)26(52)13-7-21(49)30(56)33-25(13)24(31(57)41(63)67-33)14(8-23(50)51)39(61)66-32/h1-7,14,22,24,31-32,34-35,42-49,53-57H,8-9H2,(H,50,51). The van der Waals surface area contributed by atoms with Crippen LogP contribution in [0.3, 0.4) is 0 Å². The number of aliphatic carboxylic acids is 1. The molecular weight excluding hydrogens is 952 g/mol. The summed E-state index contributed by atoms with van der Waals surface area (Å²) in [5.74, 6) is -33.2. The molecule has 8 atom stereocenters. The van der Waals surface area contributed by atoms with Crippen molar-refractivity contribution < 1.29 is 138 Å². The fraction of sp³-hybridized carbons (Fsp3) is 0.238. The first-order valence-electron chi connectivity index (χ1n) is 19.5. The van der Waals surface area contributed by atoms with Crippen molar-refractivity contribution in [3.8, 4) is 69.0 Å². The van der Waals surface area contributed by atoms with E-state index in [1.165, 1.54) is 0 Å². The van der Waals surface area contributed by atoms with Gasteiger partial charge in [0.25, 0.3) is 5.78 Å². The monoisotopic (exact) mass is 984 g/mol. The van der Waals surface area contributed by atoms with Crippen molar-refractivity contribution in [2.45, 2.75) is 49.1 Å². The van der Waals surface area contributed by atoms with Crippen LogP contribution in [-0.2, 0) is 47.6 Å². The SMILES string of the molecule is O=C(O)CC1C(=O)OC2C(COC(=O)c3cc(O)c(O)c(O)c3)OC(OC(=O)c3cc(O)c(O)c(O)c3)C(OC(=O)C(=O)c3cc(O)c(O)c4c3C1C(O)C(=O)O4)C2OC(=O)c1cc(O)c(O)c(O)c1. The van der Waals surface area contributed by atoms with Gasteiger partial charge in [0.05, 0.1) is 29.0 Å². The Morgan fingerprint density at radius 2 is 1.04 bits per heavy atom. The fourth-order valence-electron chi connectivity index (χ4n) is 7.49. The number of carboxylic acids is 1. The topological polar surface area (TPSA) is 464 Å². The maximum Gasteiger partial charge on any atom is 0.380 e. The number of ketones is 1. The summed E-state index contributed by atoms with van der Waals surface area (Å²) in [6, 6.07) is 3.55. The van der Waals surface area contributed by atoms with Crippen LogP contribution in [0.4, 0.5) is 0 Å². The van der Waals surface area contributed by atoms with Gasteiger partial charge in [-0.25, -0.2) is 24.0 Å². The second kappa shape index (κ2) is 18.3. The molecule has 0 spiro atoms. The zero-order chi connectivity index (χ0) is 51.4. The highest BCUT2D eigenvalue weighted by Gasteiger charge is 2.57. The Kier molecular flexibility index (Phi) is 12.7. The summed E-state index contributed by atoms with van der Waals surface area (Å²) in [5.41, 5.74) is -4.52. The zero-order valence-corrected chi connectivity index (χ0v) is 34.5. The van der Waals surface area contributed by atoms with Crippen LogP contribution < -0.4 is 4.74 Å². The molecule has 0 amide bonds. The molecule has 0 aliphatic carbocycles. The molecule has 3 aliphatic rings. The molecule has 3 heterocycles. The van der Waals surface area contributed by atoms with Gasteiger partial charge in [-0.1, -0.05) is 0 Å². The average Bonchev–Trinajstić information content (AvgIpc) is 3.30. The van der Waals surface area contributed by atoms with Gasteiger partial charge in [-0.05, 0) is 42.5 Å². The van der Waals surface area contributed by atoms with Gasteiger partial charge in [0.1, 0.15) is 12.7 Å². The Bertz CT molecular complexity index is 2850. The molecule has 70 heavy (non-hydrogen) atoms. The molecule has 368 valence electrons. The number of Topliss-reactive ketones (excluding diaryl/α,β-unsaturated/α-hetero) is 1. The van der Waals surface area contributed by atoms with E-state index in [9.17, 15) is 105 Å². The van der Waals surface area contributed by atoms with Gasteiger partial charge < -0.3 is 99.5 Å². The number of fused-ring (bicyclic) bond motifs is 2. The number of phenolic OH excluding ortho intramolecular Hbond substituents is 11. The highest BCUT2D eigenvalue weighted by molar-refractivity contribution is 6.41. The summed E-state index contributed by atoms with van der Waals surface area (Å²) in [5, 5.41) is 133. The Balaban J connectivity index is 1.44. The van der Waals surface area contributed by atoms with Crippen molar-refractivity contribution in [3.63, 3.8) is 0 Å². The zero-order valence-electron chi connectivity index (χ0n) is 34.5. The molecular formula is C42H32O28. The number of ether oxygens (including phenoxy) is 7. The molecule has 28 heteroatoms. The minimum atomic E-state index is -2.70. The summed E-state index contributed by atoms with van der Waals surface area (Å²) < 4.78 is 38.0. The van der Waals surface area contributed by atoms with Crippen molar-refractivity contribution in [2.24, 2.45) is 5.92 Å². The molecule has 4 aromatic rings. The molecule has 1 saturated heterocycles. The minimum absolute atomic E-state index is 0.353. The van der Waals surface area contributed by atoms with Crippen LogP contribution in [0.5, 0.6) is 69.0 Å². The van der Waals surface area contributed by atoms with E-state index in [4.69, 9.17) is 33.2 Å².